The maximum absolute atomic E-state index is 12.4. The first kappa shape index (κ1) is 14.5. The van der Waals surface area contributed by atoms with Gasteiger partial charge in [0.25, 0.3) is 0 Å². The summed E-state index contributed by atoms with van der Waals surface area (Å²) in [5.41, 5.74) is 7.50. The molecule has 4 nitrogen and oxygen atoms in total. The summed E-state index contributed by atoms with van der Waals surface area (Å²) >= 11 is 0. The molecule has 2 fully saturated rings. The van der Waals surface area contributed by atoms with Crippen molar-refractivity contribution in [1.29, 1.82) is 0 Å². The minimum Gasteiger partial charge on any atom is -0.356 e. The molecule has 114 valence electrons. The molecule has 1 aromatic rings. The number of hydrogen-bond acceptors (Lipinski definition) is 3. The van der Waals surface area contributed by atoms with Crippen molar-refractivity contribution in [2.45, 2.75) is 44.6 Å². The summed E-state index contributed by atoms with van der Waals surface area (Å²) in [6, 6.07) is 4.33. The Bertz CT molecular complexity index is 462. The second kappa shape index (κ2) is 6.56. The third-order valence-electron chi connectivity index (χ3n) is 5.25. The predicted octanol–water partition coefficient (Wildman–Crippen LogP) is 1.89. The molecule has 21 heavy (non-hydrogen) atoms. The van der Waals surface area contributed by atoms with E-state index in [9.17, 15) is 4.79 Å². The summed E-state index contributed by atoms with van der Waals surface area (Å²) in [5, 5.41) is 3.10. The van der Waals surface area contributed by atoms with Crippen molar-refractivity contribution in [2.24, 2.45) is 23.5 Å². The van der Waals surface area contributed by atoms with E-state index < -0.39 is 0 Å². The normalized spacial score (nSPS) is 31.7. The lowest BCUT2D eigenvalue weighted by molar-refractivity contribution is -0.127. The summed E-state index contributed by atoms with van der Waals surface area (Å²) < 4.78 is 0. The monoisotopic (exact) mass is 287 g/mol. The van der Waals surface area contributed by atoms with E-state index in [1.807, 2.05) is 12.1 Å². The smallest absolute Gasteiger partial charge is 0.223 e. The van der Waals surface area contributed by atoms with Crippen LogP contribution in [0.4, 0.5) is 0 Å². The Morgan fingerprint density at radius 1 is 1.24 bits per heavy atom. The summed E-state index contributed by atoms with van der Waals surface area (Å²) in [6.07, 6.45) is 10.1. The van der Waals surface area contributed by atoms with Gasteiger partial charge in [-0.1, -0.05) is 6.42 Å². The Hall–Kier alpha value is -1.42. The maximum Gasteiger partial charge on any atom is 0.223 e. The predicted molar refractivity (Wildman–Crippen MR) is 82.5 cm³/mol. The molecule has 0 saturated heterocycles. The van der Waals surface area contributed by atoms with Gasteiger partial charge in [-0.2, -0.15) is 0 Å². The van der Waals surface area contributed by atoms with Crippen molar-refractivity contribution < 1.29 is 4.79 Å². The lowest BCUT2D eigenvalue weighted by atomic mass is 9.65. The van der Waals surface area contributed by atoms with Crippen LogP contribution in [0.1, 0.15) is 37.7 Å². The lowest BCUT2D eigenvalue weighted by Gasteiger charge is -2.43. The van der Waals surface area contributed by atoms with Crippen molar-refractivity contribution in [3.63, 3.8) is 0 Å². The van der Waals surface area contributed by atoms with Gasteiger partial charge in [0, 0.05) is 30.9 Å². The Labute approximate surface area is 126 Å². The molecule has 2 atom stereocenters. The molecule has 0 radical (unpaired) electrons. The number of pyridine rings is 1. The number of carbonyl (C=O) groups is 1. The number of rotatable bonds is 4. The fraction of sp³-hybridized carbons (Fsp3) is 0.647. The van der Waals surface area contributed by atoms with Crippen LogP contribution in [0.3, 0.4) is 0 Å². The zero-order chi connectivity index (χ0) is 14.7. The molecule has 0 aromatic carbocycles. The second-order valence-electron chi connectivity index (χ2n) is 6.59. The fourth-order valence-corrected chi connectivity index (χ4v) is 4.03. The molecule has 2 aliphatic carbocycles. The standard InChI is InChI=1S/C17H25N3O/c18-16-13-2-1-3-14(16)11-15(10-13)17(21)20-9-6-12-4-7-19-8-5-12/h4-5,7-8,13-16H,1-3,6,9-11,18H2,(H,20,21). The highest BCUT2D eigenvalue weighted by molar-refractivity contribution is 5.78. The zero-order valence-corrected chi connectivity index (χ0v) is 12.5. The van der Waals surface area contributed by atoms with Crippen LogP contribution >= 0.6 is 0 Å². The number of fused-ring (bicyclic) bond motifs is 2. The first-order valence-electron chi connectivity index (χ1n) is 8.16. The Balaban J connectivity index is 1.47. The van der Waals surface area contributed by atoms with Crippen molar-refractivity contribution in [3.05, 3.63) is 30.1 Å². The van der Waals surface area contributed by atoms with E-state index in [1.54, 1.807) is 12.4 Å². The van der Waals surface area contributed by atoms with Crippen LogP contribution in [0.15, 0.2) is 24.5 Å². The maximum atomic E-state index is 12.4. The molecule has 2 aliphatic rings. The molecule has 2 unspecified atom stereocenters. The van der Waals surface area contributed by atoms with E-state index in [0.717, 1.165) is 19.3 Å². The van der Waals surface area contributed by atoms with Gasteiger partial charge in [-0.15, -0.1) is 0 Å². The SMILES string of the molecule is NC1C2CCCC1CC(C(=O)NCCc1ccncc1)C2. The topological polar surface area (TPSA) is 68.0 Å². The second-order valence-corrected chi connectivity index (χ2v) is 6.59. The largest absolute Gasteiger partial charge is 0.356 e. The van der Waals surface area contributed by atoms with E-state index in [-0.39, 0.29) is 11.8 Å². The van der Waals surface area contributed by atoms with Gasteiger partial charge in [-0.25, -0.2) is 0 Å². The van der Waals surface area contributed by atoms with Gasteiger partial charge in [-0.3, -0.25) is 9.78 Å². The van der Waals surface area contributed by atoms with Crippen molar-refractivity contribution in [1.82, 2.24) is 10.3 Å². The summed E-state index contributed by atoms with van der Waals surface area (Å²) in [5.74, 6) is 1.53. The first-order chi connectivity index (χ1) is 10.2. The average Bonchev–Trinajstić information content (AvgIpc) is 2.48. The Morgan fingerprint density at radius 3 is 2.57 bits per heavy atom. The van der Waals surface area contributed by atoms with Gasteiger partial charge in [0.2, 0.25) is 5.91 Å². The minimum absolute atomic E-state index is 0.178. The van der Waals surface area contributed by atoms with Crippen molar-refractivity contribution in [2.75, 3.05) is 6.54 Å². The summed E-state index contributed by atoms with van der Waals surface area (Å²) in [6.45, 7) is 0.709. The third-order valence-corrected chi connectivity index (χ3v) is 5.25. The fourth-order valence-electron chi connectivity index (χ4n) is 4.03. The third kappa shape index (κ3) is 3.43. The molecule has 1 aromatic heterocycles. The quantitative estimate of drug-likeness (QED) is 0.888. The van der Waals surface area contributed by atoms with Crippen LogP contribution in [0, 0.1) is 17.8 Å². The van der Waals surface area contributed by atoms with E-state index in [1.165, 1.54) is 24.8 Å². The average molecular weight is 287 g/mol. The molecular formula is C17H25N3O. The summed E-state index contributed by atoms with van der Waals surface area (Å²) in [7, 11) is 0. The van der Waals surface area contributed by atoms with Gasteiger partial charge >= 0.3 is 0 Å². The molecular weight excluding hydrogens is 262 g/mol. The number of nitrogens with one attached hydrogen (secondary N) is 1. The van der Waals surface area contributed by atoms with Crippen molar-refractivity contribution in [3.8, 4) is 0 Å². The number of hydrogen-bond donors (Lipinski definition) is 2. The highest BCUT2D eigenvalue weighted by atomic mass is 16.1. The molecule has 0 spiro atoms. The zero-order valence-electron chi connectivity index (χ0n) is 12.5. The molecule has 2 bridgehead atoms. The van der Waals surface area contributed by atoms with Crippen molar-refractivity contribution >= 4 is 5.91 Å². The number of carbonyl (C=O) groups excluding carboxylic acids is 1. The molecule has 1 amide bonds. The summed E-state index contributed by atoms with van der Waals surface area (Å²) in [4.78, 5) is 16.4. The van der Waals surface area contributed by atoms with Crippen LogP contribution in [0.2, 0.25) is 0 Å². The van der Waals surface area contributed by atoms with Gasteiger partial charge in [0.05, 0.1) is 0 Å². The van der Waals surface area contributed by atoms with Gasteiger partial charge < -0.3 is 11.1 Å². The highest BCUT2D eigenvalue weighted by Gasteiger charge is 2.40. The van der Waals surface area contributed by atoms with Crippen LogP contribution in [0.25, 0.3) is 0 Å². The molecule has 2 saturated carbocycles. The molecule has 0 aliphatic heterocycles. The number of nitrogens with two attached hydrogens (primary N) is 1. The van der Waals surface area contributed by atoms with Crippen LogP contribution in [0.5, 0.6) is 0 Å². The molecule has 4 heteroatoms. The van der Waals surface area contributed by atoms with E-state index >= 15 is 0 Å². The Morgan fingerprint density at radius 2 is 1.90 bits per heavy atom. The number of aromatic nitrogens is 1. The minimum atomic E-state index is 0.178. The van der Waals surface area contributed by atoms with E-state index in [2.05, 4.69) is 10.3 Å². The molecule has 3 rings (SSSR count). The lowest BCUT2D eigenvalue weighted by Crippen LogP contribution is -2.49. The Kier molecular flexibility index (Phi) is 4.54. The number of nitrogens with zero attached hydrogens (tertiary/aromatic N) is 1. The van der Waals surface area contributed by atoms with E-state index in [0.29, 0.717) is 24.4 Å². The van der Waals surface area contributed by atoms with Crippen LogP contribution < -0.4 is 11.1 Å². The highest BCUT2D eigenvalue weighted by Crippen LogP contribution is 2.41. The van der Waals surface area contributed by atoms with Gasteiger partial charge in [0.1, 0.15) is 0 Å². The van der Waals surface area contributed by atoms with Gasteiger partial charge in [0.15, 0.2) is 0 Å². The molecule has 1 heterocycles. The van der Waals surface area contributed by atoms with Gasteiger partial charge in [-0.05, 0) is 61.6 Å². The molecule has 3 N–H and O–H groups in total. The van der Waals surface area contributed by atoms with E-state index in [4.69, 9.17) is 5.73 Å². The first-order valence-corrected chi connectivity index (χ1v) is 8.16. The number of amides is 1. The van der Waals surface area contributed by atoms with Crippen LogP contribution in [-0.4, -0.2) is 23.5 Å². The van der Waals surface area contributed by atoms with Crippen LogP contribution in [-0.2, 0) is 11.2 Å².